The van der Waals surface area contributed by atoms with Crippen LogP contribution in [0.2, 0.25) is 0 Å². The van der Waals surface area contributed by atoms with Gasteiger partial charge in [-0.2, -0.15) is 10.1 Å². The van der Waals surface area contributed by atoms with E-state index < -0.39 is 0 Å². The number of hydrogen-bond acceptors (Lipinski definition) is 10. The lowest BCUT2D eigenvalue weighted by Crippen LogP contribution is -2.33. The van der Waals surface area contributed by atoms with Crippen molar-refractivity contribution < 1.29 is 18.7 Å². The Morgan fingerprint density at radius 1 is 1.16 bits per heavy atom. The van der Waals surface area contributed by atoms with Gasteiger partial charge in [-0.25, -0.2) is 9.97 Å². The van der Waals surface area contributed by atoms with Gasteiger partial charge in [0.2, 0.25) is 17.6 Å². The van der Waals surface area contributed by atoms with Gasteiger partial charge in [0, 0.05) is 61.3 Å². The van der Waals surface area contributed by atoms with Gasteiger partial charge < -0.3 is 30.1 Å². The van der Waals surface area contributed by atoms with Gasteiger partial charge in [-0.15, -0.1) is 0 Å². The highest BCUT2D eigenvalue weighted by molar-refractivity contribution is 6.06. The minimum atomic E-state index is -0.279. The van der Waals surface area contributed by atoms with Crippen molar-refractivity contribution in [2.24, 2.45) is 7.05 Å². The highest BCUT2D eigenvalue weighted by Crippen LogP contribution is 2.33. The third-order valence-corrected chi connectivity index (χ3v) is 8.05. The number of ether oxygens (including phenoxy) is 1. The summed E-state index contributed by atoms with van der Waals surface area (Å²) in [5.41, 5.74) is 5.11. The maximum atomic E-state index is 13.1. The van der Waals surface area contributed by atoms with Crippen LogP contribution >= 0.6 is 0 Å². The highest BCUT2D eigenvalue weighted by Gasteiger charge is 2.29. The lowest BCUT2D eigenvalue weighted by Gasteiger charge is -2.16. The number of likely N-dealkylation sites (tertiary alicyclic amines) is 1. The maximum absolute atomic E-state index is 13.1. The predicted molar refractivity (Wildman–Crippen MR) is 166 cm³/mol. The van der Waals surface area contributed by atoms with Crippen molar-refractivity contribution in [1.82, 2.24) is 39.9 Å². The van der Waals surface area contributed by atoms with Crippen LogP contribution < -0.4 is 20.7 Å². The van der Waals surface area contributed by atoms with E-state index in [9.17, 15) is 9.59 Å². The van der Waals surface area contributed by atoms with Gasteiger partial charge in [-0.3, -0.25) is 19.2 Å². The van der Waals surface area contributed by atoms with Crippen LogP contribution in [0.15, 0.2) is 47.3 Å². The molecule has 0 spiro atoms. The SMILES string of the molecule is Cc1cnc(Nc2cc(C)n(C)n2)nc1-c1c[nH]c2c(NC(=O)CN3CC[C@H](Oc4ncc(C(=O)NC5CC5)o4)C3)cccc12. The Kier molecular flexibility index (Phi) is 7.41. The minimum absolute atomic E-state index is 0.0649. The first-order valence-corrected chi connectivity index (χ1v) is 15.0. The van der Waals surface area contributed by atoms with Crippen molar-refractivity contribution in [2.45, 2.75) is 45.3 Å². The first kappa shape index (κ1) is 28.5. The average Bonchev–Trinajstić information content (AvgIpc) is 3.35. The Hall–Kier alpha value is -5.24. The van der Waals surface area contributed by atoms with Crippen molar-refractivity contribution in [2.75, 3.05) is 30.3 Å². The molecular weight excluding hydrogens is 576 g/mol. The molecule has 2 aliphatic rings. The molecule has 7 rings (SSSR count). The third-order valence-electron chi connectivity index (χ3n) is 8.05. The number of fused-ring (bicyclic) bond motifs is 1. The monoisotopic (exact) mass is 610 g/mol. The quantitative estimate of drug-likeness (QED) is 0.183. The molecule has 2 fully saturated rings. The molecule has 4 aromatic heterocycles. The number of nitrogens with one attached hydrogen (secondary N) is 4. The molecule has 0 bridgehead atoms. The smallest absolute Gasteiger partial charge is 0.394 e. The fourth-order valence-electron chi connectivity index (χ4n) is 5.44. The largest absolute Gasteiger partial charge is 0.445 e. The summed E-state index contributed by atoms with van der Waals surface area (Å²) in [6, 6.07) is 7.95. The van der Waals surface area contributed by atoms with Crippen LogP contribution in [0.3, 0.4) is 0 Å². The van der Waals surface area contributed by atoms with Gasteiger partial charge in [0.1, 0.15) is 6.10 Å². The number of para-hydroxylation sites is 1. The van der Waals surface area contributed by atoms with E-state index in [1.165, 1.54) is 6.20 Å². The molecular formula is C31H34N10O4. The second kappa shape index (κ2) is 11.7. The molecule has 14 nitrogen and oxygen atoms in total. The molecule has 1 aliphatic heterocycles. The van der Waals surface area contributed by atoms with Crippen LogP contribution in [0.1, 0.15) is 41.1 Å². The molecule has 2 amide bonds. The lowest BCUT2D eigenvalue weighted by molar-refractivity contribution is -0.117. The van der Waals surface area contributed by atoms with E-state index in [2.05, 4.69) is 36.0 Å². The van der Waals surface area contributed by atoms with E-state index in [1.807, 2.05) is 56.3 Å². The van der Waals surface area contributed by atoms with Crippen molar-refractivity contribution in [3.63, 3.8) is 0 Å². The van der Waals surface area contributed by atoms with E-state index in [0.29, 0.717) is 37.0 Å². The molecule has 1 aliphatic carbocycles. The van der Waals surface area contributed by atoms with Gasteiger partial charge in [-0.05, 0) is 44.7 Å². The van der Waals surface area contributed by atoms with E-state index in [4.69, 9.17) is 14.1 Å². The number of hydrogen-bond donors (Lipinski definition) is 4. The van der Waals surface area contributed by atoms with Crippen molar-refractivity contribution in [3.05, 3.63) is 59.9 Å². The van der Waals surface area contributed by atoms with E-state index in [-0.39, 0.29) is 42.3 Å². The summed E-state index contributed by atoms with van der Waals surface area (Å²) in [7, 11) is 1.88. The molecule has 45 heavy (non-hydrogen) atoms. The van der Waals surface area contributed by atoms with Crippen LogP contribution in [-0.2, 0) is 11.8 Å². The van der Waals surface area contributed by atoms with Crippen LogP contribution in [-0.4, -0.2) is 78.2 Å². The first-order chi connectivity index (χ1) is 21.8. The predicted octanol–water partition coefficient (Wildman–Crippen LogP) is 3.69. The van der Waals surface area contributed by atoms with Crippen molar-refractivity contribution in [3.8, 4) is 17.3 Å². The zero-order chi connectivity index (χ0) is 31.1. The molecule has 1 aromatic carbocycles. The molecule has 0 unspecified atom stereocenters. The van der Waals surface area contributed by atoms with Crippen LogP contribution in [0.5, 0.6) is 6.08 Å². The number of anilines is 3. The summed E-state index contributed by atoms with van der Waals surface area (Å²) < 4.78 is 13.1. The van der Waals surface area contributed by atoms with E-state index in [1.54, 1.807) is 10.9 Å². The van der Waals surface area contributed by atoms with Crippen molar-refractivity contribution >= 4 is 40.2 Å². The molecule has 232 valence electrons. The molecule has 5 aromatic rings. The number of amides is 2. The second-order valence-corrected chi connectivity index (χ2v) is 11.6. The summed E-state index contributed by atoms with van der Waals surface area (Å²) >= 11 is 0. The van der Waals surface area contributed by atoms with Crippen LogP contribution in [0.25, 0.3) is 22.2 Å². The molecule has 1 saturated carbocycles. The van der Waals surface area contributed by atoms with Gasteiger partial charge in [0.15, 0.2) is 5.82 Å². The Morgan fingerprint density at radius 3 is 2.82 bits per heavy atom. The summed E-state index contributed by atoms with van der Waals surface area (Å²) in [6.45, 7) is 5.38. The Morgan fingerprint density at radius 2 is 2.02 bits per heavy atom. The molecule has 1 atom stereocenters. The number of aryl methyl sites for hydroxylation is 3. The third kappa shape index (κ3) is 6.22. The lowest BCUT2D eigenvalue weighted by atomic mass is 10.1. The zero-order valence-electron chi connectivity index (χ0n) is 25.3. The summed E-state index contributed by atoms with van der Waals surface area (Å²) in [5.74, 6) is 0.842. The summed E-state index contributed by atoms with van der Waals surface area (Å²) in [5, 5.41) is 14.5. The minimum Gasteiger partial charge on any atom is -0.445 e. The number of aromatic amines is 1. The normalized spacial score (nSPS) is 16.6. The van der Waals surface area contributed by atoms with Crippen LogP contribution in [0.4, 0.5) is 17.5 Å². The van der Waals surface area contributed by atoms with Crippen LogP contribution in [0, 0.1) is 13.8 Å². The molecule has 5 heterocycles. The van der Waals surface area contributed by atoms with E-state index in [0.717, 1.165) is 46.3 Å². The number of H-pyrrole nitrogens is 1. The maximum Gasteiger partial charge on any atom is 0.394 e. The van der Waals surface area contributed by atoms with Gasteiger partial charge in [-0.1, -0.05) is 12.1 Å². The fraction of sp³-hybridized carbons (Fsp3) is 0.355. The van der Waals surface area contributed by atoms with Gasteiger partial charge >= 0.3 is 6.08 Å². The van der Waals surface area contributed by atoms with Gasteiger partial charge in [0.25, 0.3) is 5.91 Å². The molecule has 0 radical (unpaired) electrons. The molecule has 4 N–H and O–H groups in total. The van der Waals surface area contributed by atoms with Crippen molar-refractivity contribution in [1.29, 1.82) is 0 Å². The van der Waals surface area contributed by atoms with Gasteiger partial charge in [0.05, 0.1) is 29.6 Å². The molecule has 1 saturated heterocycles. The Labute approximate surface area is 258 Å². The number of benzene rings is 1. The first-order valence-electron chi connectivity index (χ1n) is 15.0. The number of oxazole rings is 1. The Balaban J connectivity index is 0.985. The zero-order valence-corrected chi connectivity index (χ0v) is 25.3. The number of carbonyl (C=O) groups excluding carboxylic acids is 2. The number of nitrogens with zero attached hydrogens (tertiary/aromatic N) is 6. The topological polar surface area (TPSA) is 168 Å². The average molecular weight is 611 g/mol. The Bertz CT molecular complexity index is 1870. The number of carbonyl (C=O) groups is 2. The van der Waals surface area contributed by atoms with E-state index >= 15 is 0 Å². The number of aromatic nitrogens is 6. The second-order valence-electron chi connectivity index (χ2n) is 11.6. The molecule has 14 heteroatoms. The number of rotatable bonds is 10. The highest BCUT2D eigenvalue weighted by atomic mass is 16.6. The fourth-order valence-corrected chi connectivity index (χ4v) is 5.44. The summed E-state index contributed by atoms with van der Waals surface area (Å²) in [4.78, 5) is 43.9. The standard InChI is InChI=1S/C31H34N10O4/c1-17-12-33-30(37-25-11-18(2)40(3)39-25)38-27(17)22-13-32-28-21(22)5-4-6-23(28)36-26(42)16-41-10-9-20(15-41)44-31-34-14-24(45-31)29(43)35-19-7-8-19/h4-6,11-14,19-20,32H,7-10,15-16H2,1-3H3,(H,35,43)(H,36,42)(H,33,37,38,39)/t20-/m0/s1. The summed E-state index contributed by atoms with van der Waals surface area (Å²) in [6.07, 6.45) is 7.63.